The number of dihydropyridines is 1. The average molecular weight is 488 g/mol. The van der Waals surface area contributed by atoms with E-state index in [-0.39, 0.29) is 0 Å². The number of rotatable bonds is 6. The molecule has 3 N–H and O–H groups in total. The minimum atomic E-state index is -1.22. The zero-order valence-electron chi connectivity index (χ0n) is 19.7. The first kappa shape index (κ1) is 23.4. The van der Waals surface area contributed by atoms with Crippen molar-refractivity contribution in [1.29, 1.82) is 0 Å². The van der Waals surface area contributed by atoms with E-state index in [2.05, 4.69) is 43.0 Å². The first-order valence-electron chi connectivity index (χ1n) is 11.6. The second-order valence-electron chi connectivity index (χ2n) is 8.45. The number of allylic oxidation sites excluding steroid dienone is 3. The Morgan fingerprint density at radius 3 is 2.69 bits per heavy atom. The number of halogens is 1. The summed E-state index contributed by atoms with van der Waals surface area (Å²) in [5.74, 6) is -0.821. The molecule has 10 heteroatoms. The van der Waals surface area contributed by atoms with Gasteiger partial charge >= 0.3 is 0 Å². The van der Waals surface area contributed by atoms with Crippen LogP contribution in [0.5, 0.6) is 0 Å². The molecule has 36 heavy (non-hydrogen) atoms. The van der Waals surface area contributed by atoms with Gasteiger partial charge in [0, 0.05) is 48.3 Å². The largest absolute Gasteiger partial charge is 0.378 e. The lowest BCUT2D eigenvalue weighted by molar-refractivity contribution is -0.118. The molecule has 1 atom stereocenters. The van der Waals surface area contributed by atoms with E-state index in [0.29, 0.717) is 17.2 Å². The van der Waals surface area contributed by atoms with Crippen LogP contribution < -0.4 is 20.9 Å². The molecule has 1 aromatic carbocycles. The summed E-state index contributed by atoms with van der Waals surface area (Å²) in [4.78, 5) is 28.5. The zero-order chi connectivity index (χ0) is 25.0. The maximum absolute atomic E-state index is 13.4. The van der Waals surface area contributed by atoms with E-state index >= 15 is 0 Å². The molecule has 184 valence electrons. The Bertz CT molecular complexity index is 1350. The van der Waals surface area contributed by atoms with Crippen molar-refractivity contribution < 1.29 is 13.9 Å². The van der Waals surface area contributed by atoms with Crippen molar-refractivity contribution >= 4 is 34.1 Å². The van der Waals surface area contributed by atoms with Gasteiger partial charge < -0.3 is 25.6 Å². The lowest BCUT2D eigenvalue weighted by atomic mass is 10.00. The third-order valence-corrected chi connectivity index (χ3v) is 5.89. The number of nitrogens with zero attached hydrogens (tertiary/aromatic N) is 4. The Morgan fingerprint density at radius 1 is 1.17 bits per heavy atom. The molecule has 2 aromatic heterocycles. The molecule has 2 aliphatic rings. The van der Waals surface area contributed by atoms with E-state index in [1.807, 2.05) is 12.1 Å². The molecule has 1 unspecified atom stereocenters. The number of fused-ring (bicyclic) bond motifs is 1. The van der Waals surface area contributed by atoms with Crippen LogP contribution in [0.15, 0.2) is 79.1 Å². The van der Waals surface area contributed by atoms with Gasteiger partial charge in [-0.1, -0.05) is 6.08 Å². The number of nitrogens with one attached hydrogen (secondary N) is 3. The Hall–Kier alpha value is -4.31. The molecule has 3 aromatic rings. The van der Waals surface area contributed by atoms with Gasteiger partial charge in [-0.3, -0.25) is 9.78 Å². The SMILES string of the molecule is C/C(F)=C\C(=O)NC1(c2nccc3cnc(Nc4ccc(N5CCOCC5)cc4)nc23)C=CC=CN1. The van der Waals surface area contributed by atoms with E-state index in [0.717, 1.165) is 49.1 Å². The fourth-order valence-corrected chi connectivity index (χ4v) is 4.19. The highest BCUT2D eigenvalue weighted by molar-refractivity contribution is 5.90. The number of morpholine rings is 1. The molecule has 0 spiro atoms. The molecule has 1 fully saturated rings. The summed E-state index contributed by atoms with van der Waals surface area (Å²) in [6.07, 6.45) is 11.2. The minimum absolute atomic E-state index is 0.382. The molecule has 5 rings (SSSR count). The summed E-state index contributed by atoms with van der Waals surface area (Å²) in [5.41, 5.74) is 1.73. The normalized spacial score (nSPS) is 19.7. The maximum atomic E-state index is 13.4. The van der Waals surface area contributed by atoms with Crippen molar-refractivity contribution in [3.05, 3.63) is 84.8 Å². The highest BCUT2D eigenvalue weighted by Gasteiger charge is 2.35. The number of carbonyl (C=O) groups excluding carboxylic acids is 1. The van der Waals surface area contributed by atoms with Gasteiger partial charge in [-0.15, -0.1) is 0 Å². The molecule has 0 aliphatic carbocycles. The molecular weight excluding hydrogens is 461 g/mol. The summed E-state index contributed by atoms with van der Waals surface area (Å²) in [6.45, 7) is 4.41. The number of hydrogen-bond donors (Lipinski definition) is 3. The Kier molecular flexibility index (Phi) is 6.59. The van der Waals surface area contributed by atoms with E-state index in [1.54, 1.807) is 42.9 Å². The topological polar surface area (TPSA) is 104 Å². The second-order valence-corrected chi connectivity index (χ2v) is 8.45. The number of benzene rings is 1. The van der Waals surface area contributed by atoms with Gasteiger partial charge in [-0.2, -0.15) is 0 Å². The average Bonchev–Trinajstić information content (AvgIpc) is 2.89. The molecule has 0 saturated carbocycles. The predicted molar refractivity (Wildman–Crippen MR) is 136 cm³/mol. The summed E-state index contributed by atoms with van der Waals surface area (Å²) in [6, 6.07) is 9.85. The van der Waals surface area contributed by atoms with Crippen LogP contribution in [-0.4, -0.2) is 47.2 Å². The van der Waals surface area contributed by atoms with Crippen LogP contribution in [0.25, 0.3) is 10.9 Å². The van der Waals surface area contributed by atoms with Crippen molar-refractivity contribution in [2.45, 2.75) is 12.6 Å². The van der Waals surface area contributed by atoms with Gasteiger partial charge in [0.15, 0.2) is 5.66 Å². The molecule has 4 heterocycles. The Balaban J connectivity index is 1.45. The van der Waals surface area contributed by atoms with Gasteiger partial charge in [0.2, 0.25) is 11.9 Å². The van der Waals surface area contributed by atoms with Gasteiger partial charge in [0.1, 0.15) is 17.0 Å². The number of aromatic nitrogens is 3. The summed E-state index contributed by atoms with van der Waals surface area (Å²) in [7, 11) is 0. The first-order valence-corrected chi connectivity index (χ1v) is 11.6. The summed E-state index contributed by atoms with van der Waals surface area (Å²) >= 11 is 0. The maximum Gasteiger partial charge on any atom is 0.248 e. The second kappa shape index (κ2) is 10.1. The highest BCUT2D eigenvalue weighted by atomic mass is 19.1. The molecular formula is C26H26FN7O2. The van der Waals surface area contributed by atoms with Gasteiger partial charge in [-0.25, -0.2) is 14.4 Å². The predicted octanol–water partition coefficient (Wildman–Crippen LogP) is 3.42. The van der Waals surface area contributed by atoms with Crippen molar-refractivity contribution in [3.8, 4) is 0 Å². The number of amides is 1. The number of pyridine rings is 1. The fraction of sp³-hybridized carbons (Fsp3) is 0.231. The summed E-state index contributed by atoms with van der Waals surface area (Å²) < 4.78 is 18.8. The van der Waals surface area contributed by atoms with E-state index in [9.17, 15) is 9.18 Å². The fourth-order valence-electron chi connectivity index (χ4n) is 4.19. The molecule has 1 saturated heterocycles. The highest BCUT2D eigenvalue weighted by Crippen LogP contribution is 2.28. The molecule has 0 radical (unpaired) electrons. The molecule has 0 bridgehead atoms. The van der Waals surface area contributed by atoms with Crippen molar-refractivity contribution in [3.63, 3.8) is 0 Å². The zero-order valence-corrected chi connectivity index (χ0v) is 19.7. The minimum Gasteiger partial charge on any atom is -0.378 e. The van der Waals surface area contributed by atoms with Crippen molar-refractivity contribution in [2.24, 2.45) is 0 Å². The Labute approximate surface area is 207 Å². The van der Waals surface area contributed by atoms with E-state index < -0.39 is 17.4 Å². The van der Waals surface area contributed by atoms with Gasteiger partial charge in [-0.05, 0) is 55.6 Å². The number of ether oxygens (including phenoxy) is 1. The number of anilines is 3. The van der Waals surface area contributed by atoms with Crippen LogP contribution in [0, 0.1) is 0 Å². The van der Waals surface area contributed by atoms with Crippen molar-refractivity contribution in [1.82, 2.24) is 25.6 Å². The van der Waals surface area contributed by atoms with Crippen LogP contribution in [0.3, 0.4) is 0 Å². The van der Waals surface area contributed by atoms with Gasteiger partial charge in [0.25, 0.3) is 0 Å². The lowest BCUT2D eigenvalue weighted by Crippen LogP contribution is -2.54. The lowest BCUT2D eigenvalue weighted by Gasteiger charge is -2.33. The van der Waals surface area contributed by atoms with Crippen LogP contribution in [-0.2, 0) is 15.2 Å². The Morgan fingerprint density at radius 2 is 1.97 bits per heavy atom. The van der Waals surface area contributed by atoms with E-state index in [4.69, 9.17) is 9.72 Å². The molecule has 2 aliphatic heterocycles. The first-order chi connectivity index (χ1) is 17.5. The quantitative estimate of drug-likeness (QED) is 0.455. The summed E-state index contributed by atoms with van der Waals surface area (Å²) in [5, 5.41) is 9.94. The van der Waals surface area contributed by atoms with Crippen LogP contribution in [0.2, 0.25) is 0 Å². The monoisotopic (exact) mass is 487 g/mol. The smallest absolute Gasteiger partial charge is 0.248 e. The molecule has 9 nitrogen and oxygen atoms in total. The third kappa shape index (κ3) is 5.03. The number of hydrogen-bond acceptors (Lipinski definition) is 8. The molecule has 1 amide bonds. The van der Waals surface area contributed by atoms with Crippen LogP contribution in [0.4, 0.5) is 21.7 Å². The van der Waals surface area contributed by atoms with Crippen molar-refractivity contribution in [2.75, 3.05) is 36.5 Å². The van der Waals surface area contributed by atoms with Crippen LogP contribution >= 0.6 is 0 Å². The number of carbonyl (C=O) groups is 1. The van der Waals surface area contributed by atoms with E-state index in [1.165, 1.54) is 6.92 Å². The van der Waals surface area contributed by atoms with Gasteiger partial charge in [0.05, 0.1) is 13.2 Å². The third-order valence-electron chi connectivity index (χ3n) is 5.89. The standard InChI is InChI=1S/C26H26FN7O2/c1-18(27)16-22(35)33-26(9-2-3-10-30-26)24-23-19(8-11-28-24)17-29-25(32-23)31-20-4-6-21(7-5-20)34-12-14-36-15-13-34/h2-11,16-17,30H,12-15H2,1H3,(H,33,35)(H,29,31,32)/b18-16+. The van der Waals surface area contributed by atoms with Crippen LogP contribution in [0.1, 0.15) is 12.6 Å².